The van der Waals surface area contributed by atoms with Crippen LogP contribution in [0.25, 0.3) is 0 Å². The Kier molecular flexibility index (Phi) is 55.5. The second-order valence-corrected chi connectivity index (χ2v) is 3.09. The molecule has 1 aliphatic rings. The van der Waals surface area contributed by atoms with Crippen LogP contribution in [0.15, 0.2) is 10.8 Å². The second-order valence-electron chi connectivity index (χ2n) is 2.05. The van der Waals surface area contributed by atoms with Crippen LogP contribution in [-0.4, -0.2) is 17.8 Å². The van der Waals surface area contributed by atoms with Crippen LogP contribution in [0.4, 0.5) is 0 Å². The predicted octanol–water partition coefficient (Wildman–Crippen LogP) is 1.38. The summed E-state index contributed by atoms with van der Waals surface area (Å²) in [7, 11) is 0. The van der Waals surface area contributed by atoms with Gasteiger partial charge in [-0.1, -0.05) is 0 Å². The van der Waals surface area contributed by atoms with Crippen LogP contribution < -0.4 is 0 Å². The van der Waals surface area contributed by atoms with E-state index in [-0.39, 0.29) is 0 Å². The third-order valence-electron chi connectivity index (χ3n) is 1.28. The molecule has 0 aliphatic carbocycles. The average Bonchev–Trinajstić information content (AvgIpc) is 3.03. The van der Waals surface area contributed by atoms with Crippen molar-refractivity contribution in [2.24, 2.45) is 0 Å². The first kappa shape index (κ1) is 32.0. The van der Waals surface area contributed by atoms with Gasteiger partial charge in [0.05, 0.1) is 0 Å². The molecule has 0 N–H and O–H groups in total. The molecule has 0 aromatic carbocycles. The Balaban J connectivity index is -0.0000000727. The number of ether oxygens (including phenoxy) is 2. The number of hydrogen-bond donors (Lipinski definition) is 0. The molecule has 1 rings (SSSR count). The average molecular weight is 353 g/mol. The van der Waals surface area contributed by atoms with Crippen molar-refractivity contribution in [3.8, 4) is 0 Å². The fourth-order valence-corrected chi connectivity index (χ4v) is 1.58. The van der Waals surface area contributed by atoms with Gasteiger partial charge in [0.2, 0.25) is 0 Å². The van der Waals surface area contributed by atoms with E-state index in [0.717, 1.165) is 11.5 Å². The standard InChI is InChI=1S/C7H9ClO2.5CO.Cr/c1-2-9-5-7-6(8)3-4-10-7;5*1-2;/h2-4H2,1H3;;;;;;. The Labute approximate surface area is 135 Å². The summed E-state index contributed by atoms with van der Waals surface area (Å²) in [5.74, 6) is 0.675. The number of rotatable bonds is 3. The van der Waals surface area contributed by atoms with Gasteiger partial charge in [-0.2, -0.15) is 0 Å². The van der Waals surface area contributed by atoms with E-state index in [2.05, 4.69) is 49.1 Å². The van der Waals surface area contributed by atoms with Gasteiger partial charge in [-0.15, -0.1) is 0 Å². The normalized spacial score (nSPS) is 9.33. The Morgan fingerprint density at radius 2 is 1.48 bits per heavy atom. The Hall–Kier alpha value is -1.11. The molecule has 0 atom stereocenters. The molecule has 0 saturated carbocycles. The van der Waals surface area contributed by atoms with Crippen molar-refractivity contribution < 1.29 is 48.6 Å². The molecular weight excluding hydrogens is 344 g/mol. The van der Waals surface area contributed by atoms with E-state index in [1.807, 2.05) is 6.92 Å². The third kappa shape index (κ3) is 21.3. The Morgan fingerprint density at radius 3 is 1.71 bits per heavy atom. The van der Waals surface area contributed by atoms with E-state index in [0.29, 0.717) is 23.5 Å². The SMILES string of the molecule is CCO[C](=[Cr])C1=C(Cl)CCO1.[C-]#[O+].[C-]#[O+].[C-]#[O+].[C-]#[O+].[C-]#[O+]. The van der Waals surface area contributed by atoms with E-state index in [1.165, 1.54) is 0 Å². The summed E-state index contributed by atoms with van der Waals surface area (Å²) in [5.41, 5.74) is 0. The van der Waals surface area contributed by atoms with Crippen LogP contribution in [0.5, 0.6) is 0 Å². The maximum atomic E-state index is 7.50. The number of hydrogen-bond acceptors (Lipinski definition) is 2. The molecule has 0 saturated heterocycles. The zero-order chi connectivity index (χ0) is 18.3. The van der Waals surface area contributed by atoms with Crippen LogP contribution in [0, 0.1) is 33.3 Å². The van der Waals surface area contributed by atoms with Gasteiger partial charge in [-0.3, -0.25) is 0 Å². The van der Waals surface area contributed by atoms with Crippen molar-refractivity contribution in [2.75, 3.05) is 13.2 Å². The van der Waals surface area contributed by atoms with E-state index < -0.39 is 0 Å². The van der Waals surface area contributed by atoms with Crippen molar-refractivity contribution in [3.63, 3.8) is 0 Å². The first-order valence-electron chi connectivity index (χ1n) is 4.46. The fraction of sp³-hybridized carbons (Fsp3) is 0.333. The van der Waals surface area contributed by atoms with Gasteiger partial charge >= 0.3 is 135 Å². The first-order valence-corrected chi connectivity index (χ1v) is 5.48. The minimum atomic E-state index is 0.624. The molecule has 0 spiro atoms. The molecule has 7 nitrogen and oxygen atoms in total. The van der Waals surface area contributed by atoms with Gasteiger partial charge in [0.25, 0.3) is 0 Å². The topological polar surface area (TPSA) is 118 Å². The van der Waals surface area contributed by atoms with Gasteiger partial charge in [0.1, 0.15) is 0 Å². The molecule has 9 heteroatoms. The minimum absolute atomic E-state index is 0.624. The molecule has 1 aliphatic heterocycles. The van der Waals surface area contributed by atoms with Crippen LogP contribution >= 0.6 is 11.6 Å². The van der Waals surface area contributed by atoms with Crippen LogP contribution in [0.3, 0.4) is 0 Å². The first-order chi connectivity index (χ1) is 10.3. The van der Waals surface area contributed by atoms with Gasteiger partial charge in [0, 0.05) is 0 Å². The summed E-state index contributed by atoms with van der Waals surface area (Å²) in [6, 6.07) is 0. The van der Waals surface area contributed by atoms with Gasteiger partial charge < -0.3 is 0 Å². The predicted molar refractivity (Wildman–Crippen MR) is 59.7 cm³/mol. The summed E-state index contributed by atoms with van der Waals surface area (Å²) in [5, 5.41) is 0.743. The summed E-state index contributed by atoms with van der Waals surface area (Å²) in [4.78, 5) is 0. The zero-order valence-electron chi connectivity index (χ0n) is 10.8. The summed E-state index contributed by atoms with van der Waals surface area (Å²) in [6.07, 6.45) is 0.787. The van der Waals surface area contributed by atoms with Gasteiger partial charge in [-0.25, -0.2) is 0 Å². The zero-order valence-corrected chi connectivity index (χ0v) is 12.8. The van der Waals surface area contributed by atoms with Crippen molar-refractivity contribution in [3.05, 3.63) is 44.0 Å². The molecular formula is C12H9ClCrO7. The summed E-state index contributed by atoms with van der Waals surface area (Å²) >= 11 is 8.62. The molecule has 0 fully saturated rings. The van der Waals surface area contributed by atoms with E-state index >= 15 is 0 Å². The molecule has 0 unspecified atom stereocenters. The summed E-state index contributed by atoms with van der Waals surface area (Å²) in [6.45, 7) is 25.7. The maximum absolute atomic E-state index is 7.50. The van der Waals surface area contributed by atoms with Crippen molar-refractivity contribution in [1.82, 2.24) is 0 Å². The quantitative estimate of drug-likeness (QED) is 0.563. The second kappa shape index (κ2) is 36.4. The Morgan fingerprint density at radius 1 is 1.10 bits per heavy atom. The molecule has 112 valence electrons. The monoisotopic (exact) mass is 352 g/mol. The van der Waals surface area contributed by atoms with Crippen molar-refractivity contribution in [1.29, 1.82) is 0 Å². The van der Waals surface area contributed by atoms with Gasteiger partial charge in [0.15, 0.2) is 0 Å². The molecule has 0 amide bonds. The molecule has 1 heterocycles. The number of halogens is 1. The molecule has 0 aromatic heterocycles. The fourth-order valence-electron chi connectivity index (χ4n) is 0.801. The van der Waals surface area contributed by atoms with Crippen LogP contribution in [0.1, 0.15) is 13.3 Å². The van der Waals surface area contributed by atoms with E-state index in [4.69, 9.17) is 44.3 Å². The molecule has 0 aromatic rings. The third-order valence-corrected chi connectivity index (χ3v) is 2.11. The van der Waals surface area contributed by atoms with Gasteiger partial charge in [-0.05, 0) is 0 Å². The molecule has 21 heavy (non-hydrogen) atoms. The van der Waals surface area contributed by atoms with Crippen molar-refractivity contribution >= 4 is 16.2 Å². The Bertz CT molecular complexity index is 344. The van der Waals surface area contributed by atoms with E-state index in [9.17, 15) is 0 Å². The summed E-state index contributed by atoms with van der Waals surface area (Å²) < 4.78 is 48.6. The van der Waals surface area contributed by atoms with Crippen molar-refractivity contribution in [2.45, 2.75) is 13.3 Å². The molecule has 0 bridgehead atoms. The van der Waals surface area contributed by atoms with Crippen LogP contribution in [-0.2, 0) is 48.6 Å². The van der Waals surface area contributed by atoms with E-state index in [1.54, 1.807) is 0 Å². The van der Waals surface area contributed by atoms with Crippen LogP contribution in [0.2, 0.25) is 0 Å². The molecule has 0 radical (unpaired) electrons.